The summed E-state index contributed by atoms with van der Waals surface area (Å²) in [6.45, 7) is 3.79. The third-order valence-corrected chi connectivity index (χ3v) is 4.11. The SMILES string of the molecule is CC(c1ccccn1)N(CC[NH+](C)C)C(=S)Nc1cccc(F)c1. The van der Waals surface area contributed by atoms with Crippen LogP contribution in [0.5, 0.6) is 0 Å². The number of nitrogens with zero attached hydrogens (tertiary/aromatic N) is 2. The van der Waals surface area contributed by atoms with Gasteiger partial charge in [-0.1, -0.05) is 12.1 Å². The van der Waals surface area contributed by atoms with Crippen molar-refractivity contribution in [2.75, 3.05) is 32.5 Å². The van der Waals surface area contributed by atoms with Gasteiger partial charge in [0.05, 0.1) is 38.9 Å². The van der Waals surface area contributed by atoms with Gasteiger partial charge in [0.25, 0.3) is 0 Å². The molecule has 2 N–H and O–H groups in total. The minimum atomic E-state index is -0.287. The van der Waals surface area contributed by atoms with Crippen LogP contribution in [0.2, 0.25) is 0 Å². The molecule has 1 aromatic carbocycles. The molecular weight excluding hydrogens is 323 g/mol. The molecule has 128 valence electrons. The number of anilines is 1. The van der Waals surface area contributed by atoms with Crippen molar-refractivity contribution in [1.82, 2.24) is 9.88 Å². The third-order valence-electron chi connectivity index (χ3n) is 3.77. The number of thiocarbonyl (C=S) groups is 1. The predicted octanol–water partition coefficient (Wildman–Crippen LogP) is 2.13. The maximum atomic E-state index is 13.4. The van der Waals surface area contributed by atoms with Gasteiger partial charge in [0.2, 0.25) is 0 Å². The van der Waals surface area contributed by atoms with Gasteiger partial charge in [0, 0.05) is 11.9 Å². The van der Waals surface area contributed by atoms with E-state index in [1.807, 2.05) is 18.2 Å². The van der Waals surface area contributed by atoms with Crippen LogP contribution in [0.4, 0.5) is 10.1 Å². The van der Waals surface area contributed by atoms with Crippen LogP contribution < -0.4 is 10.2 Å². The number of pyridine rings is 1. The van der Waals surface area contributed by atoms with Crippen molar-refractivity contribution in [2.45, 2.75) is 13.0 Å². The van der Waals surface area contributed by atoms with Crippen LogP contribution >= 0.6 is 12.2 Å². The minimum Gasteiger partial charge on any atom is -0.338 e. The zero-order valence-electron chi connectivity index (χ0n) is 14.3. The molecule has 6 heteroatoms. The van der Waals surface area contributed by atoms with Crippen LogP contribution in [-0.2, 0) is 0 Å². The zero-order valence-corrected chi connectivity index (χ0v) is 15.1. The molecule has 0 amide bonds. The van der Waals surface area contributed by atoms with E-state index in [-0.39, 0.29) is 11.9 Å². The highest BCUT2D eigenvalue weighted by Crippen LogP contribution is 2.19. The molecule has 0 bridgehead atoms. The van der Waals surface area contributed by atoms with E-state index in [4.69, 9.17) is 12.2 Å². The van der Waals surface area contributed by atoms with E-state index in [0.29, 0.717) is 10.8 Å². The Labute approximate surface area is 148 Å². The number of hydrogen-bond acceptors (Lipinski definition) is 2. The Hall–Kier alpha value is -2.05. The number of aromatic nitrogens is 1. The largest absolute Gasteiger partial charge is 0.338 e. The Balaban J connectivity index is 2.16. The first-order valence-electron chi connectivity index (χ1n) is 8.00. The quantitative estimate of drug-likeness (QED) is 0.784. The number of likely N-dealkylation sites (N-methyl/N-ethyl adjacent to an activating group) is 1. The molecule has 0 spiro atoms. The van der Waals surface area contributed by atoms with E-state index in [9.17, 15) is 4.39 Å². The lowest BCUT2D eigenvalue weighted by Gasteiger charge is -2.31. The molecule has 1 aromatic heterocycles. The fraction of sp³-hybridized carbons (Fsp3) is 0.333. The van der Waals surface area contributed by atoms with E-state index < -0.39 is 0 Å². The molecule has 0 aliphatic rings. The van der Waals surface area contributed by atoms with Gasteiger partial charge in [-0.25, -0.2) is 4.39 Å². The van der Waals surface area contributed by atoms with Crippen molar-refractivity contribution in [1.29, 1.82) is 0 Å². The second-order valence-electron chi connectivity index (χ2n) is 6.02. The number of quaternary nitrogens is 1. The number of halogens is 1. The van der Waals surface area contributed by atoms with Crippen molar-refractivity contribution in [2.24, 2.45) is 0 Å². The molecule has 0 aliphatic heterocycles. The van der Waals surface area contributed by atoms with Gasteiger partial charge in [0.15, 0.2) is 5.11 Å². The maximum Gasteiger partial charge on any atom is 0.174 e. The lowest BCUT2D eigenvalue weighted by molar-refractivity contribution is -0.857. The summed E-state index contributed by atoms with van der Waals surface area (Å²) in [7, 11) is 4.21. The van der Waals surface area contributed by atoms with E-state index in [2.05, 4.69) is 36.2 Å². The summed E-state index contributed by atoms with van der Waals surface area (Å²) < 4.78 is 13.4. The Bertz CT molecular complexity index is 663. The van der Waals surface area contributed by atoms with Crippen molar-refractivity contribution < 1.29 is 9.29 Å². The molecule has 0 saturated heterocycles. The van der Waals surface area contributed by atoms with Gasteiger partial charge < -0.3 is 15.1 Å². The Kier molecular flexibility index (Phi) is 6.63. The molecule has 2 aromatic rings. The normalized spacial score (nSPS) is 12.0. The van der Waals surface area contributed by atoms with Crippen molar-refractivity contribution >= 4 is 23.0 Å². The van der Waals surface area contributed by atoms with Crippen LogP contribution in [0, 0.1) is 5.82 Å². The van der Waals surface area contributed by atoms with Gasteiger partial charge >= 0.3 is 0 Å². The lowest BCUT2D eigenvalue weighted by Crippen LogP contribution is -3.06. The average molecular weight is 347 g/mol. The van der Waals surface area contributed by atoms with Crippen molar-refractivity contribution in [3.8, 4) is 0 Å². The molecule has 2 rings (SSSR count). The van der Waals surface area contributed by atoms with Gasteiger partial charge in [-0.3, -0.25) is 4.98 Å². The molecule has 0 radical (unpaired) electrons. The standard InChI is InChI=1S/C18H23FN4S/c1-14(17-9-4-5-10-20-17)23(12-11-22(2)3)18(24)21-16-8-6-7-15(19)13-16/h4-10,13-14H,11-12H2,1-3H3,(H,21,24)/p+1. The van der Waals surface area contributed by atoms with Gasteiger partial charge in [-0.2, -0.15) is 0 Å². The predicted molar refractivity (Wildman–Crippen MR) is 99.7 cm³/mol. The summed E-state index contributed by atoms with van der Waals surface area (Å²) >= 11 is 5.58. The van der Waals surface area contributed by atoms with E-state index in [0.717, 1.165) is 18.8 Å². The minimum absolute atomic E-state index is 0.0270. The molecule has 4 nitrogen and oxygen atoms in total. The zero-order chi connectivity index (χ0) is 17.5. The fourth-order valence-electron chi connectivity index (χ4n) is 2.36. The van der Waals surface area contributed by atoms with Crippen LogP contribution in [0.15, 0.2) is 48.7 Å². The van der Waals surface area contributed by atoms with Crippen molar-refractivity contribution in [3.05, 3.63) is 60.2 Å². The molecule has 1 heterocycles. The molecular formula is C18H24FN4S+. The topological polar surface area (TPSA) is 32.6 Å². The molecule has 1 unspecified atom stereocenters. The maximum absolute atomic E-state index is 13.4. The Morgan fingerprint density at radius 3 is 2.71 bits per heavy atom. The fourth-order valence-corrected chi connectivity index (χ4v) is 2.73. The van der Waals surface area contributed by atoms with Crippen LogP contribution in [-0.4, -0.2) is 42.2 Å². The molecule has 0 aliphatic carbocycles. The summed E-state index contributed by atoms with van der Waals surface area (Å²) in [6, 6.07) is 12.2. The lowest BCUT2D eigenvalue weighted by atomic mass is 10.2. The summed E-state index contributed by atoms with van der Waals surface area (Å²) in [5, 5.41) is 3.71. The van der Waals surface area contributed by atoms with E-state index in [1.54, 1.807) is 18.3 Å². The second-order valence-corrected chi connectivity index (χ2v) is 6.41. The summed E-state index contributed by atoms with van der Waals surface area (Å²) in [5.74, 6) is -0.287. The molecule has 1 atom stereocenters. The summed E-state index contributed by atoms with van der Waals surface area (Å²) in [5.41, 5.74) is 1.60. The summed E-state index contributed by atoms with van der Waals surface area (Å²) in [4.78, 5) is 7.86. The number of rotatable bonds is 6. The first kappa shape index (κ1) is 18.3. The smallest absolute Gasteiger partial charge is 0.174 e. The average Bonchev–Trinajstić information content (AvgIpc) is 2.55. The number of benzene rings is 1. The van der Waals surface area contributed by atoms with Crippen LogP contribution in [0.25, 0.3) is 0 Å². The van der Waals surface area contributed by atoms with Crippen molar-refractivity contribution in [3.63, 3.8) is 0 Å². The van der Waals surface area contributed by atoms with Crippen LogP contribution in [0.3, 0.4) is 0 Å². The van der Waals surface area contributed by atoms with E-state index >= 15 is 0 Å². The Morgan fingerprint density at radius 2 is 2.08 bits per heavy atom. The Morgan fingerprint density at radius 1 is 1.29 bits per heavy atom. The van der Waals surface area contributed by atoms with E-state index in [1.165, 1.54) is 17.0 Å². The number of hydrogen-bond donors (Lipinski definition) is 2. The highest BCUT2D eigenvalue weighted by molar-refractivity contribution is 7.80. The molecule has 0 saturated carbocycles. The summed E-state index contributed by atoms with van der Waals surface area (Å²) in [6.07, 6.45) is 1.78. The first-order chi connectivity index (χ1) is 11.5. The second kappa shape index (κ2) is 8.70. The molecule has 24 heavy (non-hydrogen) atoms. The van der Waals surface area contributed by atoms with Gasteiger partial charge in [-0.05, 0) is 49.5 Å². The highest BCUT2D eigenvalue weighted by atomic mass is 32.1. The monoisotopic (exact) mass is 347 g/mol. The molecule has 0 fully saturated rings. The highest BCUT2D eigenvalue weighted by Gasteiger charge is 2.20. The van der Waals surface area contributed by atoms with Crippen LogP contribution in [0.1, 0.15) is 18.7 Å². The van der Waals surface area contributed by atoms with Gasteiger partial charge in [-0.15, -0.1) is 0 Å². The number of nitrogens with one attached hydrogen (secondary N) is 2. The first-order valence-corrected chi connectivity index (χ1v) is 8.41. The third kappa shape index (κ3) is 5.25. The van der Waals surface area contributed by atoms with Gasteiger partial charge in [0.1, 0.15) is 5.82 Å².